The van der Waals surface area contributed by atoms with Gasteiger partial charge in [0.2, 0.25) is 0 Å². The van der Waals surface area contributed by atoms with E-state index < -0.39 is 5.41 Å². The summed E-state index contributed by atoms with van der Waals surface area (Å²) in [6, 6.07) is 85.9. The maximum absolute atomic E-state index is 2.53. The van der Waals surface area contributed by atoms with Gasteiger partial charge in [-0.2, -0.15) is 0 Å². The Bertz CT molecular complexity index is 3650. The Morgan fingerprint density at radius 1 is 0.292 bits per heavy atom. The van der Waals surface area contributed by atoms with Gasteiger partial charge in [-0.05, 0) is 163 Å². The van der Waals surface area contributed by atoms with Crippen LogP contribution in [0.4, 0.5) is 34.1 Å². The first kappa shape index (κ1) is 37.4. The fraction of sp³-hybridized carbons (Fsp3) is 0.0476. The van der Waals surface area contributed by atoms with E-state index in [1.165, 1.54) is 88.0 Å². The van der Waals surface area contributed by atoms with Crippen LogP contribution in [0.2, 0.25) is 0 Å². The van der Waals surface area contributed by atoms with E-state index in [9.17, 15) is 0 Å². The molecule has 0 bridgehead atoms. The Morgan fingerprint density at radius 2 is 0.769 bits per heavy atom. The Hall–Kier alpha value is -8.20. The summed E-state index contributed by atoms with van der Waals surface area (Å²) in [4.78, 5) is 4.87. The van der Waals surface area contributed by atoms with Crippen molar-refractivity contribution in [3.63, 3.8) is 0 Å². The second-order valence-electron chi connectivity index (χ2n) is 17.8. The first-order valence-electron chi connectivity index (χ1n) is 22.7. The lowest BCUT2D eigenvalue weighted by atomic mass is 9.68. The summed E-state index contributed by atoms with van der Waals surface area (Å²) in [5, 5.41) is 7.51. The minimum Gasteiger partial charge on any atom is -0.310 e. The molecular weight excluding hydrogens is 785 g/mol. The average Bonchev–Trinajstić information content (AvgIpc) is 3.83. The number of hydrogen-bond donors (Lipinski definition) is 0. The molecule has 0 aliphatic heterocycles. The van der Waals surface area contributed by atoms with Crippen LogP contribution in [0.1, 0.15) is 33.4 Å². The van der Waals surface area contributed by atoms with E-state index in [1.807, 2.05) is 0 Å². The quantitative estimate of drug-likeness (QED) is 0.154. The van der Waals surface area contributed by atoms with Crippen molar-refractivity contribution in [2.45, 2.75) is 19.3 Å². The zero-order valence-corrected chi connectivity index (χ0v) is 36.3. The molecule has 0 saturated carbocycles. The third-order valence-corrected chi connectivity index (χ3v) is 14.1. The first-order chi connectivity index (χ1) is 32.1. The van der Waals surface area contributed by atoms with Crippen LogP contribution in [-0.2, 0) is 5.41 Å². The lowest BCUT2D eigenvalue weighted by Gasteiger charge is -2.34. The Labute approximate surface area is 379 Å². The summed E-state index contributed by atoms with van der Waals surface area (Å²) in [6.45, 7) is 4.36. The Kier molecular flexibility index (Phi) is 8.29. The molecule has 11 aromatic rings. The Balaban J connectivity index is 1.20. The van der Waals surface area contributed by atoms with Crippen molar-refractivity contribution < 1.29 is 0 Å². The van der Waals surface area contributed by atoms with Gasteiger partial charge in [-0.25, -0.2) is 0 Å². The summed E-state index contributed by atoms with van der Waals surface area (Å²) in [7, 11) is 0. The van der Waals surface area contributed by atoms with E-state index in [4.69, 9.17) is 0 Å². The third-order valence-electron chi connectivity index (χ3n) is 14.1. The van der Waals surface area contributed by atoms with Crippen LogP contribution in [0.15, 0.2) is 231 Å². The molecule has 0 fully saturated rings. The zero-order chi connectivity index (χ0) is 43.2. The largest absolute Gasteiger partial charge is 0.310 e. The van der Waals surface area contributed by atoms with Gasteiger partial charge in [-0.15, -0.1) is 0 Å². The molecule has 0 aromatic heterocycles. The summed E-state index contributed by atoms with van der Waals surface area (Å²) >= 11 is 0. The van der Waals surface area contributed by atoms with Gasteiger partial charge in [0.1, 0.15) is 0 Å². The van der Waals surface area contributed by atoms with Crippen molar-refractivity contribution in [1.82, 2.24) is 0 Å². The standard InChI is InChI=1S/C63H44N2/c1-41-19-17-25-45(37-41)64(43-21-5-3-6-22-43)47-35-36-54-55(39-47)48-27-9-11-31-52(48)60-56-40-59(65(44-23-7-4-8-24-44)46-26-18-20-42(2)38-46)51-30-10-12-32-53(51)61(56)63(62(54)60)57-33-15-13-28-49(57)50-29-14-16-34-58(50)63/h3-40H,1-2H3. The number of rotatable bonds is 6. The molecule has 13 rings (SSSR count). The SMILES string of the molecule is Cc1cccc(N(c2ccccc2)c2ccc3c4c(c5ccccc5c3c2)-c2cc(N(c3ccccc3)c3cccc(C)c3)c3ccccc3c2C42c3ccccc3-c3ccccc32)c1. The van der Waals surface area contributed by atoms with Gasteiger partial charge in [0.15, 0.2) is 0 Å². The van der Waals surface area contributed by atoms with E-state index in [2.05, 4.69) is 254 Å². The molecule has 0 saturated heterocycles. The van der Waals surface area contributed by atoms with Crippen LogP contribution in [0.5, 0.6) is 0 Å². The molecule has 65 heavy (non-hydrogen) atoms. The van der Waals surface area contributed by atoms with Gasteiger partial charge < -0.3 is 9.80 Å². The number of hydrogen-bond acceptors (Lipinski definition) is 2. The molecule has 1 spiro atoms. The van der Waals surface area contributed by atoms with Gasteiger partial charge in [0.25, 0.3) is 0 Å². The minimum atomic E-state index is -0.601. The second kappa shape index (κ2) is 14.4. The number of fused-ring (bicyclic) bond motifs is 17. The van der Waals surface area contributed by atoms with Crippen molar-refractivity contribution in [1.29, 1.82) is 0 Å². The van der Waals surface area contributed by atoms with Gasteiger partial charge in [0, 0.05) is 33.8 Å². The molecule has 0 atom stereocenters. The Morgan fingerprint density at radius 3 is 1.40 bits per heavy atom. The zero-order valence-electron chi connectivity index (χ0n) is 36.3. The van der Waals surface area contributed by atoms with Gasteiger partial charge >= 0.3 is 0 Å². The molecule has 0 N–H and O–H groups in total. The summed E-state index contributed by atoms with van der Waals surface area (Å²) < 4.78 is 0. The molecular formula is C63H44N2. The monoisotopic (exact) mass is 828 g/mol. The number of aryl methyl sites for hydroxylation is 2. The van der Waals surface area contributed by atoms with E-state index in [-0.39, 0.29) is 0 Å². The highest BCUT2D eigenvalue weighted by molar-refractivity contribution is 6.23. The van der Waals surface area contributed by atoms with Crippen LogP contribution in [0, 0.1) is 13.8 Å². The molecule has 0 amide bonds. The highest BCUT2D eigenvalue weighted by Gasteiger charge is 2.54. The van der Waals surface area contributed by atoms with Crippen molar-refractivity contribution in [2.24, 2.45) is 0 Å². The molecule has 2 heteroatoms. The predicted octanol–water partition coefficient (Wildman–Crippen LogP) is 17.0. The van der Waals surface area contributed by atoms with Gasteiger partial charge in [-0.1, -0.05) is 164 Å². The van der Waals surface area contributed by atoms with Crippen molar-refractivity contribution in [3.8, 4) is 22.3 Å². The summed E-state index contributed by atoms with van der Waals surface area (Å²) in [5.41, 5.74) is 19.2. The summed E-state index contributed by atoms with van der Waals surface area (Å²) in [6.07, 6.45) is 0. The third kappa shape index (κ3) is 5.41. The first-order valence-corrected chi connectivity index (χ1v) is 22.7. The fourth-order valence-corrected chi connectivity index (χ4v) is 11.6. The molecule has 0 heterocycles. The van der Waals surface area contributed by atoms with Crippen molar-refractivity contribution >= 4 is 66.4 Å². The minimum absolute atomic E-state index is 0.601. The molecule has 11 aromatic carbocycles. The highest BCUT2D eigenvalue weighted by atomic mass is 15.1. The van der Waals surface area contributed by atoms with Crippen LogP contribution in [0.3, 0.4) is 0 Å². The van der Waals surface area contributed by atoms with Crippen molar-refractivity contribution in [3.05, 3.63) is 264 Å². The predicted molar refractivity (Wildman–Crippen MR) is 274 cm³/mol. The molecule has 2 aliphatic rings. The lowest BCUT2D eigenvalue weighted by molar-refractivity contribution is 0.809. The average molecular weight is 829 g/mol. The van der Waals surface area contributed by atoms with Crippen LogP contribution >= 0.6 is 0 Å². The van der Waals surface area contributed by atoms with E-state index in [0.29, 0.717) is 0 Å². The molecule has 0 unspecified atom stereocenters. The van der Waals surface area contributed by atoms with Crippen LogP contribution < -0.4 is 9.80 Å². The molecule has 0 radical (unpaired) electrons. The second-order valence-corrected chi connectivity index (χ2v) is 17.8. The normalized spacial score (nSPS) is 12.9. The summed E-state index contributed by atoms with van der Waals surface area (Å²) in [5.74, 6) is 0. The van der Waals surface area contributed by atoms with Gasteiger partial charge in [-0.3, -0.25) is 0 Å². The molecule has 2 nitrogen and oxygen atoms in total. The molecule has 306 valence electrons. The smallest absolute Gasteiger partial charge is 0.0737 e. The lowest BCUT2D eigenvalue weighted by Crippen LogP contribution is -2.26. The van der Waals surface area contributed by atoms with Crippen LogP contribution in [0.25, 0.3) is 54.6 Å². The maximum Gasteiger partial charge on any atom is 0.0737 e. The topological polar surface area (TPSA) is 6.48 Å². The maximum atomic E-state index is 2.53. The van der Waals surface area contributed by atoms with E-state index in [0.717, 1.165) is 34.1 Å². The van der Waals surface area contributed by atoms with Gasteiger partial charge in [0.05, 0.1) is 11.1 Å². The van der Waals surface area contributed by atoms with Crippen molar-refractivity contribution in [2.75, 3.05) is 9.80 Å². The number of para-hydroxylation sites is 2. The number of benzene rings is 11. The highest BCUT2D eigenvalue weighted by Crippen LogP contribution is 2.67. The molecule has 2 aliphatic carbocycles. The van der Waals surface area contributed by atoms with E-state index >= 15 is 0 Å². The number of anilines is 6. The number of nitrogens with zero attached hydrogens (tertiary/aromatic N) is 2. The fourth-order valence-electron chi connectivity index (χ4n) is 11.6. The van der Waals surface area contributed by atoms with E-state index in [1.54, 1.807) is 0 Å². The van der Waals surface area contributed by atoms with Crippen LogP contribution in [-0.4, -0.2) is 0 Å².